The number of hydrogen-bond donors (Lipinski definition) is 0. The molecule has 2 heteroatoms. The summed E-state index contributed by atoms with van der Waals surface area (Å²) in [6, 6.07) is 13.8. The van der Waals surface area contributed by atoms with E-state index in [-0.39, 0.29) is 5.78 Å². The topological polar surface area (TPSA) is 30.0 Å². The number of Topliss-reactive ketones (excluding diaryl/α,β-unsaturated/α-hetero) is 1. The van der Waals surface area contributed by atoms with E-state index in [0.29, 0.717) is 12.8 Å². The molecule has 0 aliphatic heterocycles. The molecular weight excluding hydrogens is 234 g/mol. The predicted molar refractivity (Wildman–Crippen MR) is 77.3 cm³/mol. The number of aryl methyl sites for hydroxylation is 2. The first-order valence-electron chi connectivity index (χ1n) is 6.81. The fourth-order valence-electron chi connectivity index (χ4n) is 2.12. The van der Waals surface area contributed by atoms with Crippen LogP contribution in [-0.4, -0.2) is 10.8 Å². The molecule has 0 amide bonds. The minimum absolute atomic E-state index is 0.198. The normalized spacial score (nSPS) is 10.4. The van der Waals surface area contributed by atoms with Crippen molar-refractivity contribution in [2.24, 2.45) is 0 Å². The third kappa shape index (κ3) is 4.02. The van der Waals surface area contributed by atoms with Crippen LogP contribution in [0, 0.1) is 0 Å². The number of benzene rings is 1. The third-order valence-corrected chi connectivity index (χ3v) is 3.12. The molecule has 2 aromatic rings. The van der Waals surface area contributed by atoms with E-state index in [2.05, 4.69) is 18.0 Å². The average Bonchev–Trinajstić information content (AvgIpc) is 2.46. The van der Waals surface area contributed by atoms with Crippen molar-refractivity contribution in [1.82, 2.24) is 4.98 Å². The molecule has 2 nitrogen and oxygen atoms in total. The van der Waals surface area contributed by atoms with Gasteiger partial charge in [0, 0.05) is 23.9 Å². The second-order valence-electron chi connectivity index (χ2n) is 4.69. The Kier molecular flexibility index (Phi) is 4.85. The van der Waals surface area contributed by atoms with E-state index < -0.39 is 0 Å². The van der Waals surface area contributed by atoms with Gasteiger partial charge in [-0.1, -0.05) is 37.6 Å². The monoisotopic (exact) mass is 253 g/mol. The molecule has 0 saturated heterocycles. The third-order valence-electron chi connectivity index (χ3n) is 3.12. The van der Waals surface area contributed by atoms with Crippen molar-refractivity contribution in [3.63, 3.8) is 0 Å². The Morgan fingerprint density at radius 1 is 1.11 bits per heavy atom. The molecule has 1 aromatic carbocycles. The number of carbonyl (C=O) groups excluding carboxylic acids is 1. The zero-order valence-corrected chi connectivity index (χ0v) is 11.3. The van der Waals surface area contributed by atoms with Crippen molar-refractivity contribution < 1.29 is 4.79 Å². The second kappa shape index (κ2) is 6.83. The van der Waals surface area contributed by atoms with Crippen LogP contribution in [0.15, 0.2) is 48.7 Å². The maximum Gasteiger partial charge on any atom is 0.163 e. The highest BCUT2D eigenvalue weighted by Crippen LogP contribution is 2.11. The highest BCUT2D eigenvalue weighted by molar-refractivity contribution is 5.96. The highest BCUT2D eigenvalue weighted by Gasteiger charge is 2.07. The van der Waals surface area contributed by atoms with Crippen LogP contribution in [0.1, 0.15) is 41.4 Å². The van der Waals surface area contributed by atoms with Crippen molar-refractivity contribution in [2.45, 2.75) is 32.6 Å². The number of hydrogen-bond acceptors (Lipinski definition) is 2. The van der Waals surface area contributed by atoms with Gasteiger partial charge in [0.2, 0.25) is 0 Å². The minimum Gasteiger partial charge on any atom is -0.294 e. The van der Waals surface area contributed by atoms with Gasteiger partial charge >= 0.3 is 0 Å². The van der Waals surface area contributed by atoms with E-state index in [0.717, 1.165) is 24.1 Å². The molecular formula is C17H19NO. The second-order valence-corrected chi connectivity index (χ2v) is 4.69. The van der Waals surface area contributed by atoms with E-state index in [1.165, 1.54) is 5.56 Å². The van der Waals surface area contributed by atoms with Crippen LogP contribution in [-0.2, 0) is 12.8 Å². The molecule has 98 valence electrons. The Bertz CT molecular complexity index is 534. The van der Waals surface area contributed by atoms with Crippen LogP contribution in [0.5, 0.6) is 0 Å². The lowest BCUT2D eigenvalue weighted by molar-refractivity contribution is 0.0982. The Morgan fingerprint density at radius 3 is 2.74 bits per heavy atom. The van der Waals surface area contributed by atoms with Gasteiger partial charge in [0.1, 0.15) is 0 Å². The number of rotatable bonds is 6. The molecule has 1 aromatic heterocycles. The van der Waals surface area contributed by atoms with Gasteiger partial charge in [-0.15, -0.1) is 0 Å². The van der Waals surface area contributed by atoms with Crippen molar-refractivity contribution in [2.75, 3.05) is 0 Å². The molecule has 0 aliphatic rings. The SMILES string of the molecule is CCCc1cccc(C(=O)CCc2ccccn2)c1. The first-order chi connectivity index (χ1) is 9.29. The zero-order chi connectivity index (χ0) is 13.5. The standard InChI is InChI=1S/C17H19NO/c1-2-6-14-7-5-8-15(13-14)17(19)11-10-16-9-3-4-12-18-16/h3-5,7-9,12-13H,2,6,10-11H2,1H3. The number of nitrogens with zero attached hydrogens (tertiary/aromatic N) is 1. The average molecular weight is 253 g/mol. The summed E-state index contributed by atoms with van der Waals surface area (Å²) in [5.74, 6) is 0.198. The van der Waals surface area contributed by atoms with Crippen molar-refractivity contribution >= 4 is 5.78 Å². The number of aromatic nitrogens is 1. The molecule has 0 radical (unpaired) electrons. The lowest BCUT2D eigenvalue weighted by atomic mass is 10.0. The van der Waals surface area contributed by atoms with Crippen molar-refractivity contribution in [1.29, 1.82) is 0 Å². The van der Waals surface area contributed by atoms with Crippen LogP contribution < -0.4 is 0 Å². The summed E-state index contributed by atoms with van der Waals surface area (Å²) < 4.78 is 0. The number of ketones is 1. The number of pyridine rings is 1. The summed E-state index contributed by atoms with van der Waals surface area (Å²) in [4.78, 5) is 16.4. The first kappa shape index (κ1) is 13.5. The van der Waals surface area contributed by atoms with E-state index in [1.54, 1.807) is 6.20 Å². The van der Waals surface area contributed by atoms with Gasteiger partial charge in [-0.25, -0.2) is 0 Å². The van der Waals surface area contributed by atoms with Gasteiger partial charge in [0.15, 0.2) is 5.78 Å². The predicted octanol–water partition coefficient (Wildman–Crippen LogP) is 3.85. The molecule has 0 N–H and O–H groups in total. The van der Waals surface area contributed by atoms with Crippen LogP contribution in [0.25, 0.3) is 0 Å². The molecule has 0 aliphatic carbocycles. The molecule has 0 spiro atoms. The molecule has 1 heterocycles. The van der Waals surface area contributed by atoms with Crippen LogP contribution in [0.4, 0.5) is 0 Å². The molecule has 0 unspecified atom stereocenters. The Hall–Kier alpha value is -1.96. The van der Waals surface area contributed by atoms with E-state index in [1.807, 2.05) is 36.4 Å². The van der Waals surface area contributed by atoms with Gasteiger partial charge in [0.05, 0.1) is 0 Å². The summed E-state index contributed by atoms with van der Waals surface area (Å²) in [7, 11) is 0. The maximum atomic E-state index is 12.1. The minimum atomic E-state index is 0.198. The Labute approximate surface area is 114 Å². The van der Waals surface area contributed by atoms with E-state index in [4.69, 9.17) is 0 Å². The van der Waals surface area contributed by atoms with Crippen LogP contribution in [0.2, 0.25) is 0 Å². The van der Waals surface area contributed by atoms with Crippen LogP contribution >= 0.6 is 0 Å². The molecule has 0 saturated carbocycles. The Morgan fingerprint density at radius 2 is 2.00 bits per heavy atom. The molecule has 0 bridgehead atoms. The van der Waals surface area contributed by atoms with E-state index >= 15 is 0 Å². The summed E-state index contributed by atoms with van der Waals surface area (Å²) >= 11 is 0. The zero-order valence-electron chi connectivity index (χ0n) is 11.3. The molecule has 0 atom stereocenters. The lowest BCUT2D eigenvalue weighted by Gasteiger charge is -2.04. The first-order valence-corrected chi connectivity index (χ1v) is 6.81. The van der Waals surface area contributed by atoms with Gasteiger partial charge in [-0.05, 0) is 36.6 Å². The van der Waals surface area contributed by atoms with Gasteiger partial charge in [-0.3, -0.25) is 9.78 Å². The van der Waals surface area contributed by atoms with Crippen molar-refractivity contribution in [3.05, 3.63) is 65.5 Å². The van der Waals surface area contributed by atoms with Gasteiger partial charge in [-0.2, -0.15) is 0 Å². The summed E-state index contributed by atoms with van der Waals surface area (Å²) in [6.07, 6.45) is 5.12. The molecule has 19 heavy (non-hydrogen) atoms. The molecule has 0 fully saturated rings. The summed E-state index contributed by atoms with van der Waals surface area (Å²) in [5.41, 5.74) is 3.04. The fourth-order valence-corrected chi connectivity index (χ4v) is 2.12. The fraction of sp³-hybridized carbons (Fsp3) is 0.294. The van der Waals surface area contributed by atoms with Gasteiger partial charge < -0.3 is 0 Å². The highest BCUT2D eigenvalue weighted by atomic mass is 16.1. The maximum absolute atomic E-state index is 12.1. The largest absolute Gasteiger partial charge is 0.294 e. The Balaban J connectivity index is 1.98. The van der Waals surface area contributed by atoms with E-state index in [9.17, 15) is 4.79 Å². The van der Waals surface area contributed by atoms with Crippen molar-refractivity contribution in [3.8, 4) is 0 Å². The quantitative estimate of drug-likeness (QED) is 0.732. The lowest BCUT2D eigenvalue weighted by Crippen LogP contribution is -2.02. The van der Waals surface area contributed by atoms with Gasteiger partial charge in [0.25, 0.3) is 0 Å². The number of carbonyl (C=O) groups is 1. The van der Waals surface area contributed by atoms with Crippen LogP contribution in [0.3, 0.4) is 0 Å². The molecule has 2 rings (SSSR count). The summed E-state index contributed by atoms with van der Waals surface area (Å²) in [6.45, 7) is 2.15. The summed E-state index contributed by atoms with van der Waals surface area (Å²) in [5, 5.41) is 0. The smallest absolute Gasteiger partial charge is 0.163 e.